The summed E-state index contributed by atoms with van der Waals surface area (Å²) in [6.07, 6.45) is 0. The largest absolute Gasteiger partial charge is 0.480 e. The Bertz CT molecular complexity index is 1050. The van der Waals surface area contributed by atoms with Crippen molar-refractivity contribution in [3.8, 4) is 11.1 Å². The van der Waals surface area contributed by atoms with E-state index in [1.807, 2.05) is 22.9 Å². The third-order valence-electron chi connectivity index (χ3n) is 4.30. The summed E-state index contributed by atoms with van der Waals surface area (Å²) in [7, 11) is 0. The summed E-state index contributed by atoms with van der Waals surface area (Å²) < 4.78 is 0. The van der Waals surface area contributed by atoms with Gasteiger partial charge < -0.3 is 26.2 Å². The van der Waals surface area contributed by atoms with E-state index in [9.17, 15) is 14.4 Å². The number of hydrogen-bond donors (Lipinski definition) is 4. The lowest BCUT2D eigenvalue weighted by atomic mass is 10.1. The van der Waals surface area contributed by atoms with Crippen molar-refractivity contribution in [3.05, 3.63) is 64.9 Å². The van der Waals surface area contributed by atoms with Crippen LogP contribution in [0.25, 0.3) is 11.1 Å². The molecule has 1 heterocycles. The summed E-state index contributed by atoms with van der Waals surface area (Å²) in [5.74, 6) is -2.70. The molecular formula is C21H19N3O5S. The first kappa shape index (κ1) is 20.9. The molecule has 9 heteroatoms. The number of carboxylic acid groups (broad SMARTS) is 2. The van der Waals surface area contributed by atoms with E-state index in [0.29, 0.717) is 22.6 Å². The van der Waals surface area contributed by atoms with Gasteiger partial charge in [0.05, 0.1) is 11.4 Å². The molecule has 0 fully saturated rings. The van der Waals surface area contributed by atoms with E-state index < -0.39 is 30.9 Å². The van der Waals surface area contributed by atoms with E-state index in [2.05, 4.69) is 5.32 Å². The molecule has 0 saturated carbocycles. The topological polar surface area (TPSA) is 133 Å². The zero-order chi connectivity index (χ0) is 21.7. The molecule has 0 aliphatic carbocycles. The molecule has 0 saturated heterocycles. The maximum Gasteiger partial charge on any atom is 0.323 e. The van der Waals surface area contributed by atoms with E-state index >= 15 is 0 Å². The molecule has 0 unspecified atom stereocenters. The Morgan fingerprint density at radius 1 is 0.933 bits per heavy atom. The number of nitrogen functional groups attached to an aromatic ring is 1. The fourth-order valence-electron chi connectivity index (χ4n) is 2.86. The third kappa shape index (κ3) is 5.15. The number of nitrogens with one attached hydrogen (secondary N) is 1. The van der Waals surface area contributed by atoms with Gasteiger partial charge >= 0.3 is 11.9 Å². The summed E-state index contributed by atoms with van der Waals surface area (Å²) in [5, 5.41) is 24.7. The highest BCUT2D eigenvalue weighted by Crippen LogP contribution is 2.29. The van der Waals surface area contributed by atoms with Gasteiger partial charge in [-0.25, -0.2) is 0 Å². The van der Waals surface area contributed by atoms with Gasteiger partial charge in [-0.1, -0.05) is 6.07 Å². The number of benzene rings is 2. The summed E-state index contributed by atoms with van der Waals surface area (Å²) in [4.78, 5) is 35.8. The minimum absolute atomic E-state index is 0.324. The normalized spacial score (nSPS) is 10.4. The van der Waals surface area contributed by atoms with Gasteiger partial charge in [0, 0.05) is 11.3 Å². The molecule has 5 N–H and O–H groups in total. The minimum atomic E-state index is -1.15. The van der Waals surface area contributed by atoms with E-state index in [1.54, 1.807) is 23.5 Å². The van der Waals surface area contributed by atoms with Gasteiger partial charge in [-0.3, -0.25) is 14.4 Å². The molecular weight excluding hydrogens is 406 g/mol. The van der Waals surface area contributed by atoms with Crippen molar-refractivity contribution >= 4 is 46.2 Å². The average Bonchev–Trinajstić information content (AvgIpc) is 3.23. The molecule has 30 heavy (non-hydrogen) atoms. The zero-order valence-electron chi connectivity index (χ0n) is 15.7. The number of nitrogens with two attached hydrogens (primary N) is 1. The second kappa shape index (κ2) is 9.10. The van der Waals surface area contributed by atoms with Crippen LogP contribution in [0.3, 0.4) is 0 Å². The van der Waals surface area contributed by atoms with Crippen molar-refractivity contribution in [1.29, 1.82) is 0 Å². The first-order valence-electron chi connectivity index (χ1n) is 8.85. The minimum Gasteiger partial charge on any atom is -0.480 e. The van der Waals surface area contributed by atoms with Crippen molar-refractivity contribution < 1.29 is 24.6 Å². The molecule has 2 aromatic carbocycles. The highest BCUT2D eigenvalue weighted by Gasteiger charge is 2.15. The van der Waals surface area contributed by atoms with Gasteiger partial charge in [0.1, 0.15) is 13.1 Å². The number of anilines is 3. The van der Waals surface area contributed by atoms with Gasteiger partial charge in [-0.15, -0.1) is 0 Å². The standard InChI is InChI=1S/C21H19N3O5S/c22-17-6-3-14(15-7-8-30-12-15)9-18(17)23-21(29)13-1-4-16(5-2-13)24(10-19(25)26)11-20(27)28/h1-9,12H,10-11,22H2,(H,23,29)(H,25,26)(H,27,28). The maximum absolute atomic E-state index is 12.6. The van der Waals surface area contributed by atoms with Crippen molar-refractivity contribution in [2.45, 2.75) is 0 Å². The van der Waals surface area contributed by atoms with Crippen molar-refractivity contribution in [3.63, 3.8) is 0 Å². The number of nitrogens with zero attached hydrogens (tertiary/aromatic N) is 1. The van der Waals surface area contributed by atoms with Crippen LogP contribution in [0.15, 0.2) is 59.3 Å². The Balaban J connectivity index is 1.77. The monoisotopic (exact) mass is 425 g/mol. The van der Waals surface area contributed by atoms with Gasteiger partial charge in [0.2, 0.25) is 0 Å². The van der Waals surface area contributed by atoms with Crippen molar-refractivity contribution in [1.82, 2.24) is 0 Å². The molecule has 0 bridgehead atoms. The van der Waals surface area contributed by atoms with Gasteiger partial charge in [-0.05, 0) is 64.4 Å². The lowest BCUT2D eigenvalue weighted by Gasteiger charge is -2.20. The van der Waals surface area contributed by atoms with Crippen molar-refractivity contribution in [2.24, 2.45) is 0 Å². The lowest BCUT2D eigenvalue weighted by Crippen LogP contribution is -2.34. The summed E-state index contributed by atoms with van der Waals surface area (Å²) >= 11 is 1.57. The molecule has 0 spiro atoms. The number of carboxylic acids is 2. The number of aliphatic carboxylic acids is 2. The SMILES string of the molecule is Nc1ccc(-c2ccsc2)cc1NC(=O)c1ccc(N(CC(=O)O)CC(=O)O)cc1. The number of carbonyl (C=O) groups is 3. The molecule has 1 aromatic heterocycles. The van der Waals surface area contributed by atoms with Crippen LogP contribution >= 0.6 is 11.3 Å². The second-order valence-corrected chi connectivity index (χ2v) is 7.24. The van der Waals surface area contributed by atoms with E-state index in [1.165, 1.54) is 29.2 Å². The van der Waals surface area contributed by atoms with E-state index in [-0.39, 0.29) is 0 Å². The van der Waals surface area contributed by atoms with Gasteiger partial charge in [-0.2, -0.15) is 11.3 Å². The Hall–Kier alpha value is -3.85. The van der Waals surface area contributed by atoms with Crippen LogP contribution in [-0.2, 0) is 9.59 Å². The van der Waals surface area contributed by atoms with Crippen LogP contribution in [-0.4, -0.2) is 41.1 Å². The number of hydrogen-bond acceptors (Lipinski definition) is 6. The first-order chi connectivity index (χ1) is 14.3. The lowest BCUT2D eigenvalue weighted by molar-refractivity contribution is -0.136. The first-order valence-corrected chi connectivity index (χ1v) is 9.80. The maximum atomic E-state index is 12.6. The summed E-state index contributed by atoms with van der Waals surface area (Å²) in [6, 6.07) is 13.4. The fourth-order valence-corrected chi connectivity index (χ4v) is 3.52. The zero-order valence-corrected chi connectivity index (χ0v) is 16.6. The van der Waals surface area contributed by atoms with Gasteiger partial charge in [0.15, 0.2) is 0 Å². The third-order valence-corrected chi connectivity index (χ3v) is 4.99. The fraction of sp³-hybridized carbons (Fsp3) is 0.0952. The molecule has 154 valence electrons. The molecule has 3 rings (SSSR count). The Morgan fingerprint density at radius 3 is 2.17 bits per heavy atom. The van der Waals surface area contributed by atoms with Crippen LogP contribution in [0.4, 0.5) is 17.1 Å². The number of carbonyl (C=O) groups excluding carboxylic acids is 1. The molecule has 0 atom stereocenters. The number of thiophene rings is 1. The van der Waals surface area contributed by atoms with Gasteiger partial charge in [0.25, 0.3) is 5.91 Å². The number of amides is 1. The summed E-state index contributed by atoms with van der Waals surface area (Å²) in [5.41, 5.74) is 9.56. The van der Waals surface area contributed by atoms with E-state index in [0.717, 1.165) is 11.1 Å². The molecule has 8 nitrogen and oxygen atoms in total. The highest BCUT2D eigenvalue weighted by molar-refractivity contribution is 7.08. The molecule has 1 amide bonds. The van der Waals surface area contributed by atoms with Crippen molar-refractivity contribution in [2.75, 3.05) is 29.0 Å². The van der Waals surface area contributed by atoms with Crippen LogP contribution in [0.5, 0.6) is 0 Å². The molecule has 0 radical (unpaired) electrons. The smallest absolute Gasteiger partial charge is 0.323 e. The summed E-state index contributed by atoms with van der Waals surface area (Å²) in [6.45, 7) is -0.937. The molecule has 0 aliphatic heterocycles. The molecule has 3 aromatic rings. The quantitative estimate of drug-likeness (QED) is 0.407. The Labute approximate surface area is 176 Å². The highest BCUT2D eigenvalue weighted by atomic mass is 32.1. The average molecular weight is 425 g/mol. The van der Waals surface area contributed by atoms with Crippen LogP contribution < -0.4 is 16.0 Å². The number of rotatable bonds is 8. The molecule has 0 aliphatic rings. The Morgan fingerprint density at radius 2 is 1.60 bits per heavy atom. The van der Waals surface area contributed by atoms with Crippen LogP contribution in [0.2, 0.25) is 0 Å². The van der Waals surface area contributed by atoms with E-state index in [4.69, 9.17) is 15.9 Å². The predicted molar refractivity (Wildman–Crippen MR) is 116 cm³/mol. The Kier molecular flexibility index (Phi) is 6.33. The van der Waals surface area contributed by atoms with Crippen LogP contribution in [0.1, 0.15) is 10.4 Å². The second-order valence-electron chi connectivity index (χ2n) is 6.46. The predicted octanol–water partition coefficient (Wildman–Crippen LogP) is 3.23. The van der Waals surface area contributed by atoms with Crippen LogP contribution in [0, 0.1) is 0 Å².